The molecule has 0 saturated heterocycles. The number of carbonyl (C=O) groups is 2. The fourth-order valence-corrected chi connectivity index (χ4v) is 4.83. The number of aromatic nitrogens is 2. The number of amides is 2. The molecule has 0 atom stereocenters. The Morgan fingerprint density at radius 2 is 1.51 bits per heavy atom. The van der Waals surface area contributed by atoms with E-state index in [2.05, 4.69) is 20.2 Å². The molecule has 0 aliphatic carbocycles. The summed E-state index contributed by atoms with van der Waals surface area (Å²) in [5.41, 5.74) is 3.84. The minimum Gasteiger partial charge on any atom is -0.394 e. The number of hydrogen-bond acceptors (Lipinski definition) is 8. The fourth-order valence-electron chi connectivity index (χ4n) is 4.83. The molecule has 9 nitrogen and oxygen atoms in total. The van der Waals surface area contributed by atoms with Crippen molar-refractivity contribution in [3.05, 3.63) is 102 Å². The van der Waals surface area contributed by atoms with Crippen LogP contribution in [0.25, 0.3) is 10.8 Å². The summed E-state index contributed by atoms with van der Waals surface area (Å²) in [6, 6.07) is 21.0. The van der Waals surface area contributed by atoms with Crippen molar-refractivity contribution >= 4 is 28.3 Å². The normalized spacial score (nSPS) is 12.9. The topological polar surface area (TPSA) is 108 Å². The zero-order chi connectivity index (χ0) is 27.0. The van der Waals surface area contributed by atoms with E-state index >= 15 is 0 Å². The molecule has 0 radical (unpaired) electrons. The Kier molecular flexibility index (Phi) is 8.52. The summed E-state index contributed by atoms with van der Waals surface area (Å²) >= 11 is 0. The van der Waals surface area contributed by atoms with Gasteiger partial charge in [-0.25, -0.2) is 0 Å². The summed E-state index contributed by atoms with van der Waals surface area (Å²) in [6.07, 6.45) is 3.60. The Morgan fingerprint density at radius 1 is 0.821 bits per heavy atom. The van der Waals surface area contributed by atoms with Crippen LogP contribution >= 0.6 is 0 Å². The molecule has 2 N–H and O–H groups in total. The van der Waals surface area contributed by atoms with Crippen molar-refractivity contribution in [1.29, 1.82) is 0 Å². The highest BCUT2D eigenvalue weighted by Gasteiger charge is 2.33. The molecule has 0 bridgehead atoms. The van der Waals surface area contributed by atoms with Crippen molar-refractivity contribution in [1.82, 2.24) is 19.8 Å². The van der Waals surface area contributed by atoms with Crippen molar-refractivity contribution in [2.45, 2.75) is 13.1 Å². The Hall–Kier alpha value is -4.18. The van der Waals surface area contributed by atoms with Crippen LogP contribution in [0.5, 0.6) is 0 Å². The van der Waals surface area contributed by atoms with Crippen LogP contribution in [-0.4, -0.2) is 76.1 Å². The van der Waals surface area contributed by atoms with Crippen LogP contribution in [0.1, 0.15) is 32.1 Å². The fraction of sp³-hybridized carbons (Fsp3) is 0.267. The Bertz CT molecular complexity index is 1370. The first-order chi connectivity index (χ1) is 19.2. The van der Waals surface area contributed by atoms with E-state index in [-0.39, 0.29) is 38.2 Å². The third-order valence-electron chi connectivity index (χ3n) is 6.65. The summed E-state index contributed by atoms with van der Waals surface area (Å²) in [7, 11) is 0. The van der Waals surface area contributed by atoms with Crippen molar-refractivity contribution in [2.24, 2.45) is 0 Å². The number of imide groups is 1. The number of aliphatic hydroxyl groups excluding tert-OH is 1. The number of hydrogen-bond donors (Lipinski definition) is 2. The van der Waals surface area contributed by atoms with Gasteiger partial charge in [0.15, 0.2) is 0 Å². The molecular weight excluding hydrogens is 494 g/mol. The van der Waals surface area contributed by atoms with Gasteiger partial charge in [-0.3, -0.25) is 29.4 Å². The van der Waals surface area contributed by atoms with Gasteiger partial charge in [-0.05, 0) is 42.5 Å². The SMILES string of the molecule is O=C1c2cccc3c(NCCN(Cc4ccccn4)Cc4ccccn4)ccc(c23)C(=O)N1CCOCCO. The second-order valence-electron chi connectivity index (χ2n) is 9.27. The third-order valence-corrected chi connectivity index (χ3v) is 6.65. The van der Waals surface area contributed by atoms with E-state index in [0.29, 0.717) is 36.1 Å². The lowest BCUT2D eigenvalue weighted by Crippen LogP contribution is -2.42. The van der Waals surface area contributed by atoms with Gasteiger partial charge < -0.3 is 15.2 Å². The van der Waals surface area contributed by atoms with E-state index in [1.165, 1.54) is 4.90 Å². The number of rotatable bonds is 13. The highest BCUT2D eigenvalue weighted by molar-refractivity contribution is 6.26. The second-order valence-corrected chi connectivity index (χ2v) is 9.27. The molecule has 3 heterocycles. The highest BCUT2D eigenvalue weighted by atomic mass is 16.5. The van der Waals surface area contributed by atoms with Crippen LogP contribution in [-0.2, 0) is 17.8 Å². The molecular formula is C30H31N5O4. The quantitative estimate of drug-likeness (QED) is 0.202. The molecule has 2 aromatic carbocycles. The van der Waals surface area contributed by atoms with Gasteiger partial charge in [0, 0.05) is 66.2 Å². The monoisotopic (exact) mass is 525 g/mol. The molecule has 200 valence electrons. The van der Waals surface area contributed by atoms with Crippen LogP contribution < -0.4 is 5.32 Å². The maximum Gasteiger partial charge on any atom is 0.261 e. The molecule has 1 aliphatic rings. The predicted molar refractivity (Wildman–Crippen MR) is 148 cm³/mol. The van der Waals surface area contributed by atoms with Gasteiger partial charge in [0.2, 0.25) is 0 Å². The summed E-state index contributed by atoms with van der Waals surface area (Å²) in [5.74, 6) is -0.667. The largest absolute Gasteiger partial charge is 0.394 e. The Morgan fingerprint density at radius 3 is 2.15 bits per heavy atom. The lowest BCUT2D eigenvalue weighted by atomic mass is 9.93. The van der Waals surface area contributed by atoms with Gasteiger partial charge >= 0.3 is 0 Å². The Balaban J connectivity index is 1.32. The van der Waals surface area contributed by atoms with Crippen molar-refractivity contribution < 1.29 is 19.4 Å². The molecule has 0 fully saturated rings. The maximum atomic E-state index is 13.2. The number of anilines is 1. The van der Waals surface area contributed by atoms with Gasteiger partial charge in [0.25, 0.3) is 11.8 Å². The molecule has 0 saturated carbocycles. The lowest BCUT2D eigenvalue weighted by Gasteiger charge is -2.28. The van der Waals surface area contributed by atoms with E-state index < -0.39 is 0 Å². The third kappa shape index (κ3) is 6.12. The molecule has 5 rings (SSSR count). The number of nitrogens with one attached hydrogen (secondary N) is 1. The first-order valence-electron chi connectivity index (χ1n) is 13.0. The van der Waals surface area contributed by atoms with Gasteiger partial charge in [-0.2, -0.15) is 0 Å². The number of benzene rings is 2. The number of pyridine rings is 2. The van der Waals surface area contributed by atoms with Crippen LogP contribution in [0, 0.1) is 0 Å². The number of ether oxygens (including phenoxy) is 1. The summed E-state index contributed by atoms with van der Waals surface area (Å²) < 4.78 is 5.28. The van der Waals surface area contributed by atoms with Crippen molar-refractivity contribution in [3.63, 3.8) is 0 Å². The van der Waals surface area contributed by atoms with Gasteiger partial charge in [0.05, 0.1) is 37.8 Å². The number of aliphatic hydroxyl groups is 1. The molecule has 4 aromatic rings. The van der Waals surface area contributed by atoms with E-state index in [0.717, 1.165) is 29.0 Å². The second kappa shape index (κ2) is 12.6. The standard InChI is InChI=1S/C30H31N5O4/c36-17-19-39-18-16-35-29(37)25-9-5-8-24-27(11-10-26(28(24)25)30(35)38)33-14-15-34(20-22-6-1-3-12-31-22)21-23-7-2-4-13-32-23/h1-13,33,36H,14-21H2. The molecule has 0 spiro atoms. The van der Waals surface area contributed by atoms with E-state index in [1.54, 1.807) is 24.5 Å². The lowest BCUT2D eigenvalue weighted by molar-refractivity contribution is 0.0478. The zero-order valence-corrected chi connectivity index (χ0v) is 21.6. The van der Waals surface area contributed by atoms with Gasteiger partial charge in [0.1, 0.15) is 0 Å². The summed E-state index contributed by atoms with van der Waals surface area (Å²) in [5, 5.41) is 13.9. The molecule has 39 heavy (non-hydrogen) atoms. The number of nitrogens with zero attached hydrogens (tertiary/aromatic N) is 4. The summed E-state index contributed by atoms with van der Waals surface area (Å²) in [6.45, 7) is 3.12. The van der Waals surface area contributed by atoms with Crippen LogP contribution in [0.2, 0.25) is 0 Å². The highest BCUT2D eigenvalue weighted by Crippen LogP contribution is 2.34. The number of carbonyl (C=O) groups excluding carboxylic acids is 2. The first kappa shape index (κ1) is 26.4. The molecule has 9 heteroatoms. The van der Waals surface area contributed by atoms with Crippen LogP contribution in [0.4, 0.5) is 5.69 Å². The smallest absolute Gasteiger partial charge is 0.261 e. The first-order valence-corrected chi connectivity index (χ1v) is 13.0. The van der Waals surface area contributed by atoms with Gasteiger partial charge in [-0.1, -0.05) is 24.3 Å². The maximum absolute atomic E-state index is 13.2. The van der Waals surface area contributed by atoms with Crippen LogP contribution in [0.3, 0.4) is 0 Å². The average Bonchev–Trinajstić information content (AvgIpc) is 2.97. The minimum atomic E-state index is -0.334. The molecule has 0 unspecified atom stereocenters. The molecule has 2 amide bonds. The van der Waals surface area contributed by atoms with E-state index in [1.807, 2.05) is 54.6 Å². The van der Waals surface area contributed by atoms with E-state index in [4.69, 9.17) is 9.84 Å². The van der Waals surface area contributed by atoms with Crippen molar-refractivity contribution in [3.8, 4) is 0 Å². The molecule has 1 aliphatic heterocycles. The average molecular weight is 526 g/mol. The van der Waals surface area contributed by atoms with Crippen molar-refractivity contribution in [2.75, 3.05) is 44.8 Å². The van der Waals surface area contributed by atoms with Gasteiger partial charge in [-0.15, -0.1) is 0 Å². The summed E-state index contributed by atoms with van der Waals surface area (Å²) in [4.78, 5) is 38.9. The van der Waals surface area contributed by atoms with E-state index in [9.17, 15) is 9.59 Å². The zero-order valence-electron chi connectivity index (χ0n) is 21.6. The van der Waals surface area contributed by atoms with Crippen LogP contribution in [0.15, 0.2) is 79.1 Å². The predicted octanol–water partition coefficient (Wildman–Crippen LogP) is 3.35. The Labute approximate surface area is 227 Å². The minimum absolute atomic E-state index is 0.107. The molecule has 2 aromatic heterocycles.